The molecule has 1 unspecified atom stereocenters. The average molecular weight is 413 g/mol. The zero-order valence-corrected chi connectivity index (χ0v) is 21.0. The fraction of sp³-hybridized carbons (Fsp3) is 0.586. The lowest BCUT2D eigenvalue weighted by molar-refractivity contribution is 0.343. The highest BCUT2D eigenvalue weighted by atomic mass is 16.3. The van der Waals surface area contributed by atoms with Crippen molar-refractivity contribution in [3.8, 4) is 0 Å². The smallest absolute Gasteiger partial charge is 0.111 e. The summed E-state index contributed by atoms with van der Waals surface area (Å²) in [6.07, 6.45) is 19.5. The Balaban J connectivity index is 6.78. The largest absolute Gasteiger partial charge is 0.508 e. The summed E-state index contributed by atoms with van der Waals surface area (Å²) in [4.78, 5) is 0. The lowest BCUT2D eigenvalue weighted by Crippen LogP contribution is -2.27. The van der Waals surface area contributed by atoms with Gasteiger partial charge in [0.25, 0.3) is 0 Å². The Morgan fingerprint density at radius 1 is 0.867 bits per heavy atom. The van der Waals surface area contributed by atoms with Gasteiger partial charge in [-0.05, 0) is 64.2 Å². The van der Waals surface area contributed by atoms with Crippen molar-refractivity contribution in [3.63, 3.8) is 0 Å². The summed E-state index contributed by atoms with van der Waals surface area (Å²) in [5, 5.41) is 10.0. The summed E-state index contributed by atoms with van der Waals surface area (Å²) in [7, 11) is 0. The van der Waals surface area contributed by atoms with Crippen LogP contribution in [0.25, 0.3) is 0 Å². The van der Waals surface area contributed by atoms with E-state index >= 15 is 0 Å². The number of hydrogen-bond acceptors (Lipinski definition) is 1. The third-order valence-corrected chi connectivity index (χ3v) is 6.15. The number of aliphatic hydroxyl groups excluding tert-OH is 1. The van der Waals surface area contributed by atoms with Gasteiger partial charge >= 0.3 is 0 Å². The van der Waals surface area contributed by atoms with Crippen molar-refractivity contribution < 1.29 is 5.11 Å². The molecule has 0 aromatic carbocycles. The van der Waals surface area contributed by atoms with Crippen LogP contribution in [0.3, 0.4) is 0 Å². The van der Waals surface area contributed by atoms with Gasteiger partial charge in [0.2, 0.25) is 0 Å². The van der Waals surface area contributed by atoms with Gasteiger partial charge in [-0.25, -0.2) is 0 Å². The lowest BCUT2D eigenvalue weighted by Gasteiger charge is -2.39. The van der Waals surface area contributed by atoms with E-state index in [4.69, 9.17) is 0 Å². The van der Waals surface area contributed by atoms with Gasteiger partial charge in [-0.2, -0.15) is 0 Å². The number of rotatable bonds is 15. The van der Waals surface area contributed by atoms with Gasteiger partial charge < -0.3 is 5.11 Å². The molecule has 1 heteroatoms. The monoisotopic (exact) mass is 412 g/mol. The summed E-state index contributed by atoms with van der Waals surface area (Å²) in [5.41, 5.74) is 5.93. The van der Waals surface area contributed by atoms with Gasteiger partial charge in [-0.1, -0.05) is 107 Å². The van der Waals surface area contributed by atoms with E-state index in [0.717, 1.165) is 18.4 Å². The summed E-state index contributed by atoms with van der Waals surface area (Å²) >= 11 is 0. The Hall–Kier alpha value is -1.76. The molecule has 0 amide bonds. The van der Waals surface area contributed by atoms with Crippen LogP contribution in [-0.2, 0) is 0 Å². The maximum Gasteiger partial charge on any atom is 0.111 e. The Morgan fingerprint density at radius 2 is 1.40 bits per heavy atom. The third kappa shape index (κ3) is 8.94. The van der Waals surface area contributed by atoms with Crippen LogP contribution in [0.2, 0.25) is 0 Å². The second-order valence-corrected chi connectivity index (χ2v) is 8.87. The van der Waals surface area contributed by atoms with Crippen molar-refractivity contribution in [3.05, 3.63) is 71.1 Å². The van der Waals surface area contributed by atoms with Gasteiger partial charge in [0.1, 0.15) is 5.76 Å². The van der Waals surface area contributed by atoms with Crippen LogP contribution in [0.4, 0.5) is 0 Å². The van der Waals surface area contributed by atoms with Crippen LogP contribution in [0, 0.1) is 5.41 Å². The molecule has 0 saturated carbocycles. The van der Waals surface area contributed by atoms with Gasteiger partial charge in [0.05, 0.1) is 0 Å². The van der Waals surface area contributed by atoms with E-state index in [0.29, 0.717) is 0 Å². The molecule has 0 saturated heterocycles. The fourth-order valence-electron chi connectivity index (χ4n) is 4.15. The SMILES string of the molecule is C=C/C(=C\C(C)=C/C)C(CCCCC)(CCCCCC)C(/C=C(/C)C(=C)O)=C(C)C. The van der Waals surface area contributed by atoms with E-state index in [1.165, 1.54) is 67.2 Å². The van der Waals surface area contributed by atoms with E-state index < -0.39 is 0 Å². The molecule has 170 valence electrons. The van der Waals surface area contributed by atoms with Gasteiger partial charge in [0, 0.05) is 5.41 Å². The first-order valence-electron chi connectivity index (χ1n) is 11.9. The Bertz CT molecular complexity index is 664. The van der Waals surface area contributed by atoms with Crippen LogP contribution < -0.4 is 0 Å². The fourth-order valence-corrected chi connectivity index (χ4v) is 4.15. The first-order valence-corrected chi connectivity index (χ1v) is 11.9. The van der Waals surface area contributed by atoms with Crippen molar-refractivity contribution >= 4 is 0 Å². The van der Waals surface area contributed by atoms with Crippen molar-refractivity contribution in [2.45, 2.75) is 106 Å². The Labute approximate surface area is 188 Å². The van der Waals surface area contributed by atoms with Crippen molar-refractivity contribution in [1.82, 2.24) is 0 Å². The standard InChI is InChI=1S/C29H48O/c1-10-14-16-18-20-29(19-17-15-11-2,27(13-4)21-24(7)12-3)28(23(5)6)22-25(8)26(9)30/h12-13,21-22,30H,4,9-11,14-20H2,1-3,5-8H3/b24-12-,25-22-,27-21+. The molecule has 1 atom stereocenters. The van der Waals surface area contributed by atoms with Crippen molar-refractivity contribution in [1.29, 1.82) is 0 Å². The molecule has 0 spiro atoms. The lowest BCUT2D eigenvalue weighted by atomic mass is 9.65. The zero-order valence-electron chi connectivity index (χ0n) is 21.0. The van der Waals surface area contributed by atoms with Crippen LogP contribution in [0.15, 0.2) is 71.1 Å². The highest BCUT2D eigenvalue weighted by molar-refractivity contribution is 5.47. The molecule has 0 rings (SSSR count). The van der Waals surface area contributed by atoms with Crippen molar-refractivity contribution in [2.24, 2.45) is 5.41 Å². The van der Waals surface area contributed by atoms with E-state index in [2.05, 4.69) is 79.0 Å². The minimum atomic E-state index is -0.0928. The number of hydrogen-bond donors (Lipinski definition) is 1. The molecule has 0 radical (unpaired) electrons. The number of allylic oxidation sites excluding steroid dienone is 9. The molecule has 0 bridgehead atoms. The topological polar surface area (TPSA) is 20.2 Å². The molecular weight excluding hydrogens is 364 g/mol. The Morgan fingerprint density at radius 3 is 1.83 bits per heavy atom. The van der Waals surface area contributed by atoms with Gasteiger partial charge in [-0.15, -0.1) is 0 Å². The van der Waals surface area contributed by atoms with E-state index in [-0.39, 0.29) is 11.2 Å². The molecule has 0 aliphatic heterocycles. The summed E-state index contributed by atoms with van der Waals surface area (Å²) in [6, 6.07) is 0. The maximum absolute atomic E-state index is 10.0. The summed E-state index contributed by atoms with van der Waals surface area (Å²) in [6.45, 7) is 23.1. The predicted octanol–water partition coefficient (Wildman–Crippen LogP) is 9.96. The van der Waals surface area contributed by atoms with Gasteiger partial charge in [-0.3, -0.25) is 0 Å². The van der Waals surface area contributed by atoms with E-state index in [9.17, 15) is 5.11 Å². The molecule has 0 aromatic rings. The summed E-state index contributed by atoms with van der Waals surface area (Å²) in [5.74, 6) is 0.149. The molecule has 0 fully saturated rings. The van der Waals surface area contributed by atoms with E-state index in [1.807, 2.05) is 6.92 Å². The Kier molecular flexibility index (Phi) is 14.2. The second kappa shape index (κ2) is 15.1. The van der Waals surface area contributed by atoms with Crippen LogP contribution in [0.1, 0.15) is 106 Å². The molecule has 30 heavy (non-hydrogen) atoms. The molecule has 0 aromatic heterocycles. The van der Waals surface area contributed by atoms with E-state index in [1.54, 1.807) is 0 Å². The summed E-state index contributed by atoms with van der Waals surface area (Å²) < 4.78 is 0. The van der Waals surface area contributed by atoms with Crippen LogP contribution in [-0.4, -0.2) is 5.11 Å². The quantitative estimate of drug-likeness (QED) is 0.161. The molecule has 0 aliphatic rings. The van der Waals surface area contributed by atoms with Gasteiger partial charge in [0.15, 0.2) is 0 Å². The minimum absolute atomic E-state index is 0.0928. The normalized spacial score (nSPS) is 15.0. The first kappa shape index (κ1) is 28.2. The third-order valence-electron chi connectivity index (χ3n) is 6.15. The maximum atomic E-state index is 10.0. The number of unbranched alkanes of at least 4 members (excludes halogenated alkanes) is 5. The molecule has 1 N–H and O–H groups in total. The first-order chi connectivity index (χ1) is 14.2. The highest BCUT2D eigenvalue weighted by Crippen LogP contribution is 2.48. The molecule has 0 heterocycles. The van der Waals surface area contributed by atoms with Crippen LogP contribution >= 0.6 is 0 Å². The molecule has 1 nitrogen and oxygen atoms in total. The zero-order chi connectivity index (χ0) is 23.2. The number of aliphatic hydroxyl groups is 1. The molecule has 0 aliphatic carbocycles. The molecular formula is C29H48O. The van der Waals surface area contributed by atoms with Crippen LogP contribution in [0.5, 0.6) is 0 Å². The van der Waals surface area contributed by atoms with Crippen molar-refractivity contribution in [2.75, 3.05) is 0 Å². The highest BCUT2D eigenvalue weighted by Gasteiger charge is 2.36. The second-order valence-electron chi connectivity index (χ2n) is 8.87. The average Bonchev–Trinajstić information content (AvgIpc) is 2.71. The minimum Gasteiger partial charge on any atom is -0.508 e. The predicted molar refractivity (Wildman–Crippen MR) is 137 cm³/mol.